The summed E-state index contributed by atoms with van der Waals surface area (Å²) in [6, 6.07) is 8.13. The van der Waals surface area contributed by atoms with Crippen LogP contribution < -0.4 is 0 Å². The number of aryl methyl sites for hydroxylation is 1. The van der Waals surface area contributed by atoms with E-state index in [1.165, 1.54) is 11.8 Å². The maximum Gasteiger partial charge on any atom is 0.0479 e. The predicted octanol–water partition coefficient (Wildman–Crippen LogP) is 2.00. The van der Waals surface area contributed by atoms with Crippen molar-refractivity contribution in [1.82, 2.24) is 0 Å². The van der Waals surface area contributed by atoms with Crippen molar-refractivity contribution in [2.75, 3.05) is 0 Å². The number of oxime groups is 1. The molecule has 11 heavy (non-hydrogen) atoms. The summed E-state index contributed by atoms with van der Waals surface area (Å²) in [5.41, 5.74) is 2.41. The van der Waals surface area contributed by atoms with Crippen molar-refractivity contribution < 1.29 is 5.21 Å². The molecule has 0 radical (unpaired) electrons. The van der Waals surface area contributed by atoms with Crippen LogP contribution in [0.15, 0.2) is 29.4 Å². The highest BCUT2D eigenvalue weighted by Crippen LogP contribution is 2.02. The Kier molecular flexibility index (Phi) is 2.66. The Morgan fingerprint density at radius 2 is 2.00 bits per heavy atom. The van der Waals surface area contributed by atoms with Gasteiger partial charge in [-0.1, -0.05) is 29.8 Å². The molecular formula is C9H11NO. The van der Waals surface area contributed by atoms with Gasteiger partial charge < -0.3 is 5.21 Å². The van der Waals surface area contributed by atoms with Crippen molar-refractivity contribution in [2.24, 2.45) is 5.16 Å². The average molecular weight is 149 g/mol. The molecule has 0 aromatic heterocycles. The fourth-order valence-corrected chi connectivity index (χ4v) is 0.870. The van der Waals surface area contributed by atoms with Gasteiger partial charge in [0.1, 0.15) is 0 Å². The van der Waals surface area contributed by atoms with Crippen LogP contribution in [0.4, 0.5) is 0 Å². The lowest BCUT2D eigenvalue weighted by Crippen LogP contribution is -1.85. The number of nitrogens with zero attached hydrogens (tertiary/aromatic N) is 1. The minimum absolute atomic E-state index is 0.691. The second kappa shape index (κ2) is 3.76. The first kappa shape index (κ1) is 7.79. The molecule has 0 heterocycles. The lowest BCUT2D eigenvalue weighted by atomic mass is 10.1. The van der Waals surface area contributed by atoms with Gasteiger partial charge in [0.15, 0.2) is 0 Å². The summed E-state index contributed by atoms with van der Waals surface area (Å²) in [4.78, 5) is 0. The third-order valence-electron chi connectivity index (χ3n) is 1.53. The largest absolute Gasteiger partial charge is 0.411 e. The molecule has 2 nitrogen and oxygen atoms in total. The Balaban J connectivity index is 2.66. The Hall–Kier alpha value is -1.31. The van der Waals surface area contributed by atoms with E-state index in [1.807, 2.05) is 31.2 Å². The Bertz CT molecular complexity index is 238. The summed E-state index contributed by atoms with van der Waals surface area (Å²) in [6.45, 7) is 2.05. The smallest absolute Gasteiger partial charge is 0.0479 e. The molecule has 0 aliphatic rings. The van der Waals surface area contributed by atoms with E-state index in [0.717, 1.165) is 5.56 Å². The zero-order valence-electron chi connectivity index (χ0n) is 6.49. The molecule has 1 N–H and O–H groups in total. The van der Waals surface area contributed by atoms with Crippen LogP contribution >= 0.6 is 0 Å². The fraction of sp³-hybridized carbons (Fsp3) is 0.222. The van der Waals surface area contributed by atoms with E-state index < -0.39 is 0 Å². The highest BCUT2D eigenvalue weighted by atomic mass is 16.4. The lowest BCUT2D eigenvalue weighted by molar-refractivity contribution is 0.321. The molecule has 0 saturated heterocycles. The fourth-order valence-electron chi connectivity index (χ4n) is 0.870. The van der Waals surface area contributed by atoms with Crippen LogP contribution in [0.3, 0.4) is 0 Å². The second-order valence-corrected chi connectivity index (χ2v) is 2.49. The van der Waals surface area contributed by atoms with Gasteiger partial charge in [0.05, 0.1) is 0 Å². The highest BCUT2D eigenvalue weighted by molar-refractivity contribution is 5.60. The molecule has 0 atom stereocenters. The maximum atomic E-state index is 8.15. The van der Waals surface area contributed by atoms with E-state index in [0.29, 0.717) is 6.42 Å². The summed E-state index contributed by atoms with van der Waals surface area (Å²) in [5.74, 6) is 0. The number of rotatable bonds is 2. The summed E-state index contributed by atoms with van der Waals surface area (Å²) in [7, 11) is 0. The number of hydrogen-bond acceptors (Lipinski definition) is 2. The third kappa shape index (κ3) is 2.42. The average Bonchev–Trinajstić information content (AvgIpc) is 2.04. The van der Waals surface area contributed by atoms with Crippen molar-refractivity contribution in [3.8, 4) is 0 Å². The summed E-state index contributed by atoms with van der Waals surface area (Å²) in [6.07, 6.45) is 2.17. The molecule has 1 aromatic carbocycles. The molecule has 0 aliphatic heterocycles. The predicted molar refractivity (Wildman–Crippen MR) is 45.2 cm³/mol. The molecule has 0 saturated carbocycles. The van der Waals surface area contributed by atoms with Crippen molar-refractivity contribution >= 4 is 6.21 Å². The number of hydrogen-bond donors (Lipinski definition) is 1. The third-order valence-corrected chi connectivity index (χ3v) is 1.53. The van der Waals surface area contributed by atoms with Gasteiger partial charge in [0, 0.05) is 12.6 Å². The summed E-state index contributed by atoms with van der Waals surface area (Å²) in [5, 5.41) is 11.1. The van der Waals surface area contributed by atoms with Crippen LogP contribution in [0.2, 0.25) is 0 Å². The van der Waals surface area contributed by atoms with Gasteiger partial charge in [-0.2, -0.15) is 0 Å². The van der Waals surface area contributed by atoms with Crippen LogP contribution in [0.1, 0.15) is 11.1 Å². The van der Waals surface area contributed by atoms with Crippen molar-refractivity contribution in [1.29, 1.82) is 0 Å². The zero-order chi connectivity index (χ0) is 8.10. The molecule has 0 aliphatic carbocycles. The summed E-state index contributed by atoms with van der Waals surface area (Å²) >= 11 is 0. The standard InChI is InChI=1S/C9H11NO/c1-8-2-4-9(5-3-8)6-7-10-11/h2-5,7,11H,6H2,1H3/b10-7+. The highest BCUT2D eigenvalue weighted by Gasteiger charge is 1.88. The quantitative estimate of drug-likeness (QED) is 0.389. The molecule has 1 aromatic rings. The maximum absolute atomic E-state index is 8.15. The first-order chi connectivity index (χ1) is 5.33. The van der Waals surface area contributed by atoms with Crippen molar-refractivity contribution in [3.63, 3.8) is 0 Å². The lowest BCUT2D eigenvalue weighted by Gasteiger charge is -1.95. The van der Waals surface area contributed by atoms with Gasteiger partial charge in [0.25, 0.3) is 0 Å². The topological polar surface area (TPSA) is 32.6 Å². The van der Waals surface area contributed by atoms with E-state index in [-0.39, 0.29) is 0 Å². The minimum atomic E-state index is 0.691. The van der Waals surface area contributed by atoms with Crippen LogP contribution in [-0.4, -0.2) is 11.4 Å². The van der Waals surface area contributed by atoms with Crippen molar-refractivity contribution in [2.45, 2.75) is 13.3 Å². The van der Waals surface area contributed by atoms with Crippen LogP contribution in [0.25, 0.3) is 0 Å². The van der Waals surface area contributed by atoms with E-state index >= 15 is 0 Å². The van der Waals surface area contributed by atoms with Gasteiger partial charge in [-0.05, 0) is 12.5 Å². The SMILES string of the molecule is Cc1ccc(C/C=N/O)cc1. The van der Waals surface area contributed by atoms with Gasteiger partial charge in [0.2, 0.25) is 0 Å². The first-order valence-corrected chi connectivity index (χ1v) is 3.54. The molecule has 0 amide bonds. The second-order valence-electron chi connectivity index (χ2n) is 2.49. The van der Waals surface area contributed by atoms with E-state index in [9.17, 15) is 0 Å². The monoisotopic (exact) mass is 149 g/mol. The normalized spacial score (nSPS) is 10.6. The minimum Gasteiger partial charge on any atom is -0.411 e. The zero-order valence-corrected chi connectivity index (χ0v) is 6.49. The molecule has 0 spiro atoms. The van der Waals surface area contributed by atoms with Crippen LogP contribution in [0, 0.1) is 6.92 Å². The molecule has 2 heteroatoms. The van der Waals surface area contributed by atoms with Crippen molar-refractivity contribution in [3.05, 3.63) is 35.4 Å². The molecule has 1 rings (SSSR count). The van der Waals surface area contributed by atoms with Crippen LogP contribution in [-0.2, 0) is 6.42 Å². The van der Waals surface area contributed by atoms with Gasteiger partial charge in [-0.25, -0.2) is 0 Å². The van der Waals surface area contributed by atoms with E-state index in [1.54, 1.807) is 0 Å². The Morgan fingerprint density at radius 1 is 1.36 bits per heavy atom. The van der Waals surface area contributed by atoms with E-state index in [4.69, 9.17) is 5.21 Å². The molecular weight excluding hydrogens is 138 g/mol. The van der Waals surface area contributed by atoms with E-state index in [2.05, 4.69) is 5.16 Å². The van der Waals surface area contributed by atoms with Gasteiger partial charge >= 0.3 is 0 Å². The molecule has 58 valence electrons. The Labute approximate surface area is 66.2 Å². The number of benzene rings is 1. The first-order valence-electron chi connectivity index (χ1n) is 3.54. The van der Waals surface area contributed by atoms with Crippen LogP contribution in [0.5, 0.6) is 0 Å². The molecule has 0 fully saturated rings. The van der Waals surface area contributed by atoms with Gasteiger partial charge in [-0.15, -0.1) is 5.16 Å². The molecule has 0 bridgehead atoms. The molecule has 0 unspecified atom stereocenters. The summed E-state index contributed by atoms with van der Waals surface area (Å²) < 4.78 is 0. The Morgan fingerprint density at radius 3 is 2.55 bits per heavy atom. The van der Waals surface area contributed by atoms with Gasteiger partial charge in [-0.3, -0.25) is 0 Å².